The minimum Gasteiger partial charge on any atom is -0.459 e. The van der Waals surface area contributed by atoms with Crippen LogP contribution in [0.3, 0.4) is 0 Å². The van der Waals surface area contributed by atoms with Crippen molar-refractivity contribution in [1.29, 1.82) is 0 Å². The maximum absolute atomic E-state index is 12.6. The lowest BCUT2D eigenvalue weighted by atomic mass is 10.0. The number of benzene rings is 1. The highest BCUT2D eigenvalue weighted by atomic mass is 16.7. The number of esters is 1. The lowest BCUT2D eigenvalue weighted by molar-refractivity contribution is -0.161. The van der Waals surface area contributed by atoms with Gasteiger partial charge in [0.05, 0.1) is 18.8 Å². The van der Waals surface area contributed by atoms with Crippen LogP contribution in [0.15, 0.2) is 42.5 Å². The van der Waals surface area contributed by atoms with Crippen molar-refractivity contribution in [3.8, 4) is 0 Å². The van der Waals surface area contributed by atoms with Crippen LogP contribution in [0, 0.1) is 0 Å². The normalized spacial score (nSPS) is 27.8. The molecule has 0 aliphatic carbocycles. The quantitative estimate of drug-likeness (QED) is 0.285. The van der Waals surface area contributed by atoms with Crippen LogP contribution < -0.4 is 0 Å². The fraction of sp³-hybridized carbons (Fsp3) is 0.654. The van der Waals surface area contributed by atoms with Gasteiger partial charge in [-0.25, -0.2) is 0 Å². The number of carbonyl (C=O) groups is 1. The number of ether oxygens (including phenoxy) is 4. The molecule has 5 heteroatoms. The topological polar surface area (TPSA) is 54.0 Å². The standard InChI is InChI=1S/C26H38O5/c1-4-5-6-10-14-21(28-19-20-12-8-7-9-13-20)22-15-11-16-23-24(17-18-25(27)29-22)31-26(2,3)30-23/h7-9,11-13,16,21-24H,4-6,10,14-15,17-19H2,1-3H3/b16-11+/t21-,22-,23+,24+/m0/s1. The molecule has 0 saturated carbocycles. The van der Waals surface area contributed by atoms with Crippen LogP contribution in [-0.2, 0) is 30.3 Å². The molecule has 0 spiro atoms. The summed E-state index contributed by atoms with van der Waals surface area (Å²) >= 11 is 0. The Morgan fingerprint density at radius 3 is 2.71 bits per heavy atom. The molecule has 172 valence electrons. The van der Waals surface area contributed by atoms with Crippen LogP contribution in [0.1, 0.15) is 77.7 Å². The van der Waals surface area contributed by atoms with E-state index in [-0.39, 0.29) is 30.4 Å². The molecular formula is C26H38O5. The van der Waals surface area contributed by atoms with E-state index in [1.165, 1.54) is 19.3 Å². The fourth-order valence-corrected chi connectivity index (χ4v) is 4.29. The van der Waals surface area contributed by atoms with Crippen molar-refractivity contribution in [2.75, 3.05) is 0 Å². The smallest absolute Gasteiger partial charge is 0.306 e. The largest absolute Gasteiger partial charge is 0.459 e. The van der Waals surface area contributed by atoms with Gasteiger partial charge in [-0.3, -0.25) is 4.79 Å². The Balaban J connectivity index is 1.68. The van der Waals surface area contributed by atoms with Crippen molar-refractivity contribution in [1.82, 2.24) is 0 Å². The van der Waals surface area contributed by atoms with E-state index in [1.54, 1.807) is 0 Å². The van der Waals surface area contributed by atoms with E-state index in [0.717, 1.165) is 18.4 Å². The highest BCUT2D eigenvalue weighted by Gasteiger charge is 2.40. The Labute approximate surface area is 187 Å². The van der Waals surface area contributed by atoms with Gasteiger partial charge in [-0.2, -0.15) is 0 Å². The van der Waals surface area contributed by atoms with Crippen molar-refractivity contribution in [2.45, 2.75) is 109 Å². The summed E-state index contributed by atoms with van der Waals surface area (Å²) < 4.78 is 24.2. The molecule has 0 radical (unpaired) electrons. The lowest BCUT2D eigenvalue weighted by Crippen LogP contribution is -2.34. The second-order valence-electron chi connectivity index (χ2n) is 9.05. The fourth-order valence-electron chi connectivity index (χ4n) is 4.29. The van der Waals surface area contributed by atoms with Crippen LogP contribution in [0.5, 0.6) is 0 Å². The molecule has 1 saturated heterocycles. The average molecular weight is 431 g/mol. The summed E-state index contributed by atoms with van der Waals surface area (Å²) in [6.07, 6.45) is 10.5. The molecule has 1 aromatic rings. The van der Waals surface area contributed by atoms with Crippen molar-refractivity contribution in [2.24, 2.45) is 0 Å². The first kappa shape index (κ1) is 24.0. The van der Waals surface area contributed by atoms with Gasteiger partial charge in [-0.05, 0) is 32.3 Å². The van der Waals surface area contributed by atoms with E-state index in [4.69, 9.17) is 18.9 Å². The van der Waals surface area contributed by atoms with Gasteiger partial charge in [0.25, 0.3) is 0 Å². The third-order valence-corrected chi connectivity index (χ3v) is 5.90. The summed E-state index contributed by atoms with van der Waals surface area (Å²) in [5, 5.41) is 0. The average Bonchev–Trinajstić information content (AvgIpc) is 3.05. The van der Waals surface area contributed by atoms with Gasteiger partial charge >= 0.3 is 5.97 Å². The molecule has 31 heavy (non-hydrogen) atoms. The maximum Gasteiger partial charge on any atom is 0.306 e. The number of hydrogen-bond acceptors (Lipinski definition) is 5. The van der Waals surface area contributed by atoms with Crippen LogP contribution in [-0.4, -0.2) is 36.2 Å². The number of fused-ring (bicyclic) bond motifs is 1. The Hall–Kier alpha value is -1.69. The Kier molecular flexibility index (Phi) is 9.12. The van der Waals surface area contributed by atoms with E-state index >= 15 is 0 Å². The first-order valence-electron chi connectivity index (χ1n) is 11.8. The third-order valence-electron chi connectivity index (χ3n) is 5.90. The van der Waals surface area contributed by atoms with Gasteiger partial charge < -0.3 is 18.9 Å². The molecule has 2 heterocycles. The van der Waals surface area contributed by atoms with E-state index in [2.05, 4.69) is 31.2 Å². The zero-order chi connectivity index (χ0) is 22.1. The number of rotatable bonds is 9. The number of hydrogen-bond donors (Lipinski definition) is 0. The first-order valence-corrected chi connectivity index (χ1v) is 11.8. The Bertz CT molecular complexity index is 699. The highest BCUT2D eigenvalue weighted by molar-refractivity contribution is 5.69. The molecule has 0 unspecified atom stereocenters. The lowest BCUT2D eigenvalue weighted by Gasteiger charge is -2.28. The van der Waals surface area contributed by atoms with Crippen LogP contribution in [0.25, 0.3) is 0 Å². The molecule has 2 aliphatic heterocycles. The maximum atomic E-state index is 12.6. The van der Waals surface area contributed by atoms with Crippen LogP contribution in [0.2, 0.25) is 0 Å². The monoisotopic (exact) mass is 430 g/mol. The molecule has 0 amide bonds. The second-order valence-corrected chi connectivity index (χ2v) is 9.05. The minimum absolute atomic E-state index is 0.116. The number of carbonyl (C=O) groups excluding carboxylic acids is 1. The summed E-state index contributed by atoms with van der Waals surface area (Å²) in [7, 11) is 0. The predicted octanol–water partition coefficient (Wildman–Crippen LogP) is 5.71. The molecule has 5 nitrogen and oxygen atoms in total. The van der Waals surface area contributed by atoms with Crippen molar-refractivity contribution < 1.29 is 23.7 Å². The summed E-state index contributed by atoms with van der Waals surface area (Å²) in [6, 6.07) is 10.2. The van der Waals surface area contributed by atoms with Crippen molar-refractivity contribution in [3.05, 3.63) is 48.0 Å². The Morgan fingerprint density at radius 1 is 1.13 bits per heavy atom. The SMILES string of the molecule is CCCCCC[C@H](OCc1ccccc1)[C@@H]1C/C=C/[C@H]2OC(C)(C)O[C@@H]2CCC(=O)O1. The summed E-state index contributed by atoms with van der Waals surface area (Å²) in [5.74, 6) is -0.813. The van der Waals surface area contributed by atoms with Gasteiger partial charge in [0.1, 0.15) is 12.2 Å². The van der Waals surface area contributed by atoms with E-state index < -0.39 is 5.79 Å². The molecule has 1 aromatic carbocycles. The molecular weight excluding hydrogens is 392 g/mol. The van der Waals surface area contributed by atoms with E-state index in [9.17, 15) is 4.79 Å². The van der Waals surface area contributed by atoms with E-state index in [0.29, 0.717) is 25.9 Å². The Morgan fingerprint density at radius 2 is 1.94 bits per heavy atom. The molecule has 4 atom stereocenters. The number of unbranched alkanes of at least 4 members (excludes halogenated alkanes) is 3. The van der Waals surface area contributed by atoms with Crippen molar-refractivity contribution in [3.63, 3.8) is 0 Å². The van der Waals surface area contributed by atoms with Crippen LogP contribution in [0.4, 0.5) is 0 Å². The molecule has 2 aliphatic rings. The van der Waals surface area contributed by atoms with Crippen LogP contribution >= 0.6 is 0 Å². The molecule has 0 bridgehead atoms. The van der Waals surface area contributed by atoms with Gasteiger partial charge in [0.2, 0.25) is 0 Å². The molecule has 0 N–H and O–H groups in total. The molecule has 0 aromatic heterocycles. The minimum atomic E-state index is -0.627. The zero-order valence-corrected chi connectivity index (χ0v) is 19.3. The van der Waals surface area contributed by atoms with Gasteiger partial charge in [0, 0.05) is 12.8 Å². The predicted molar refractivity (Wildman–Crippen MR) is 120 cm³/mol. The van der Waals surface area contributed by atoms with Gasteiger partial charge in [-0.1, -0.05) is 75.1 Å². The van der Waals surface area contributed by atoms with Gasteiger partial charge in [-0.15, -0.1) is 0 Å². The van der Waals surface area contributed by atoms with E-state index in [1.807, 2.05) is 32.0 Å². The number of cyclic esters (lactones) is 1. The van der Waals surface area contributed by atoms with Gasteiger partial charge in [0.15, 0.2) is 5.79 Å². The summed E-state index contributed by atoms with van der Waals surface area (Å²) in [6.45, 7) is 6.56. The zero-order valence-electron chi connectivity index (χ0n) is 19.3. The summed E-state index contributed by atoms with van der Waals surface area (Å²) in [4.78, 5) is 12.6. The highest BCUT2D eigenvalue weighted by Crippen LogP contribution is 2.32. The first-order chi connectivity index (χ1) is 15.0. The third kappa shape index (κ3) is 7.74. The van der Waals surface area contributed by atoms with Crippen molar-refractivity contribution >= 4 is 5.97 Å². The molecule has 3 rings (SSSR count). The molecule has 1 fully saturated rings. The second kappa shape index (κ2) is 11.8. The summed E-state index contributed by atoms with van der Waals surface area (Å²) in [5.41, 5.74) is 1.13.